The zero-order chi connectivity index (χ0) is 17.0. The number of nitrogens with one attached hydrogen (secondary N) is 2. The number of alkyl carbamates (subject to hydrolysis) is 1. The van der Waals surface area contributed by atoms with Gasteiger partial charge in [0, 0.05) is 17.1 Å². The molecule has 5 nitrogen and oxygen atoms in total. The van der Waals surface area contributed by atoms with Gasteiger partial charge in [0.15, 0.2) is 0 Å². The molecule has 23 heavy (non-hydrogen) atoms. The van der Waals surface area contributed by atoms with Crippen molar-refractivity contribution in [2.24, 2.45) is 0 Å². The maximum atomic E-state index is 11.8. The van der Waals surface area contributed by atoms with Crippen molar-refractivity contribution < 1.29 is 9.53 Å². The molecule has 0 unspecified atom stereocenters. The molecule has 1 amide bonds. The highest BCUT2D eigenvalue weighted by molar-refractivity contribution is 6.31. The number of carbonyl (C=O) groups is 1. The Kier molecular flexibility index (Phi) is 5.63. The average molecular weight is 340 g/mol. The van der Waals surface area contributed by atoms with E-state index in [-0.39, 0.29) is 12.1 Å². The standard InChI is InChI=1S/C17H26ClN3O2/c1-17(2,3)23-16(22)21-13-7-5-12(6-8-13)20-15-9-4-11(18)10-14(15)19/h4,9-10,12-13,20H,5-8,19H2,1-3H3,(H,21,22)/t12-,13-. The third-order valence-corrected chi connectivity index (χ3v) is 4.06. The highest BCUT2D eigenvalue weighted by Crippen LogP contribution is 2.27. The second-order valence-corrected chi connectivity index (χ2v) is 7.51. The fraction of sp³-hybridized carbons (Fsp3) is 0.588. The number of nitrogens with two attached hydrogens (primary N) is 1. The molecule has 0 saturated heterocycles. The minimum absolute atomic E-state index is 0.172. The fourth-order valence-electron chi connectivity index (χ4n) is 2.74. The maximum Gasteiger partial charge on any atom is 0.407 e. The molecule has 0 aliphatic heterocycles. The Morgan fingerprint density at radius 2 is 1.83 bits per heavy atom. The van der Waals surface area contributed by atoms with Crippen LogP contribution in [-0.2, 0) is 4.74 Å². The molecule has 6 heteroatoms. The molecule has 1 aromatic rings. The van der Waals surface area contributed by atoms with Crippen LogP contribution in [-0.4, -0.2) is 23.8 Å². The van der Waals surface area contributed by atoms with Crippen molar-refractivity contribution in [3.05, 3.63) is 23.2 Å². The van der Waals surface area contributed by atoms with Gasteiger partial charge in [-0.25, -0.2) is 4.79 Å². The van der Waals surface area contributed by atoms with Gasteiger partial charge < -0.3 is 21.1 Å². The van der Waals surface area contributed by atoms with Crippen molar-refractivity contribution in [2.75, 3.05) is 11.1 Å². The fourth-order valence-corrected chi connectivity index (χ4v) is 2.92. The van der Waals surface area contributed by atoms with E-state index in [1.807, 2.05) is 32.9 Å². The van der Waals surface area contributed by atoms with Gasteiger partial charge in [-0.05, 0) is 64.7 Å². The van der Waals surface area contributed by atoms with Crippen LogP contribution in [0.1, 0.15) is 46.5 Å². The first kappa shape index (κ1) is 17.7. The van der Waals surface area contributed by atoms with E-state index in [9.17, 15) is 4.79 Å². The molecule has 128 valence electrons. The summed E-state index contributed by atoms with van der Waals surface area (Å²) in [4.78, 5) is 11.8. The number of hydrogen-bond acceptors (Lipinski definition) is 4. The van der Waals surface area contributed by atoms with Gasteiger partial charge in [0.25, 0.3) is 0 Å². The van der Waals surface area contributed by atoms with Gasteiger partial charge in [0.1, 0.15) is 5.60 Å². The van der Waals surface area contributed by atoms with Gasteiger partial charge >= 0.3 is 6.09 Å². The van der Waals surface area contributed by atoms with Crippen LogP contribution in [0.5, 0.6) is 0 Å². The summed E-state index contributed by atoms with van der Waals surface area (Å²) in [5, 5.41) is 7.05. The van der Waals surface area contributed by atoms with Crippen LogP contribution >= 0.6 is 11.6 Å². The smallest absolute Gasteiger partial charge is 0.407 e. The monoisotopic (exact) mass is 339 g/mol. The van der Waals surface area contributed by atoms with E-state index in [0.29, 0.717) is 16.8 Å². The zero-order valence-corrected chi connectivity index (χ0v) is 14.7. The molecular formula is C17H26ClN3O2. The Morgan fingerprint density at radius 1 is 1.22 bits per heavy atom. The molecule has 0 bridgehead atoms. The van der Waals surface area contributed by atoms with Crippen LogP contribution in [0.15, 0.2) is 18.2 Å². The van der Waals surface area contributed by atoms with Crippen LogP contribution in [0.25, 0.3) is 0 Å². The molecule has 0 radical (unpaired) electrons. The Balaban J connectivity index is 1.79. The molecule has 2 rings (SSSR count). The normalized spacial score (nSPS) is 21.6. The first-order valence-corrected chi connectivity index (χ1v) is 8.42. The van der Waals surface area contributed by atoms with E-state index in [1.54, 1.807) is 6.07 Å². The van der Waals surface area contributed by atoms with Gasteiger partial charge in [0.05, 0.1) is 11.4 Å². The Hall–Kier alpha value is -1.62. The van der Waals surface area contributed by atoms with E-state index >= 15 is 0 Å². The van der Waals surface area contributed by atoms with Crippen molar-refractivity contribution in [1.82, 2.24) is 5.32 Å². The largest absolute Gasteiger partial charge is 0.444 e. The van der Waals surface area contributed by atoms with Crippen LogP contribution in [0, 0.1) is 0 Å². The van der Waals surface area contributed by atoms with Crippen LogP contribution in [0.2, 0.25) is 5.02 Å². The lowest BCUT2D eigenvalue weighted by Gasteiger charge is -2.31. The summed E-state index contributed by atoms with van der Waals surface area (Å²) in [5.41, 5.74) is 7.08. The van der Waals surface area contributed by atoms with Crippen molar-refractivity contribution in [3.63, 3.8) is 0 Å². The predicted octanol–water partition coefficient (Wildman–Crippen LogP) is 4.17. The van der Waals surface area contributed by atoms with Crippen molar-refractivity contribution in [1.29, 1.82) is 0 Å². The summed E-state index contributed by atoms with van der Waals surface area (Å²) in [7, 11) is 0. The molecule has 0 aromatic heterocycles. The number of rotatable bonds is 3. The van der Waals surface area contributed by atoms with E-state index < -0.39 is 5.60 Å². The average Bonchev–Trinajstić information content (AvgIpc) is 2.42. The quantitative estimate of drug-likeness (QED) is 0.722. The maximum absolute atomic E-state index is 11.8. The first-order valence-electron chi connectivity index (χ1n) is 8.04. The van der Waals surface area contributed by atoms with E-state index in [2.05, 4.69) is 10.6 Å². The third kappa shape index (κ3) is 5.82. The Bertz CT molecular complexity index is 549. The number of ether oxygens (including phenoxy) is 1. The summed E-state index contributed by atoms with van der Waals surface area (Å²) in [6, 6.07) is 6.01. The molecule has 1 aromatic carbocycles. The molecule has 4 N–H and O–H groups in total. The topological polar surface area (TPSA) is 76.4 Å². The van der Waals surface area contributed by atoms with Gasteiger partial charge in [0.2, 0.25) is 0 Å². The zero-order valence-electron chi connectivity index (χ0n) is 14.0. The summed E-state index contributed by atoms with van der Waals surface area (Å²) >= 11 is 5.91. The number of halogens is 1. The second kappa shape index (κ2) is 7.30. The van der Waals surface area contributed by atoms with Crippen molar-refractivity contribution >= 4 is 29.1 Å². The predicted molar refractivity (Wildman–Crippen MR) is 94.9 cm³/mol. The number of amides is 1. The molecule has 1 aliphatic rings. The van der Waals surface area contributed by atoms with Crippen molar-refractivity contribution in [2.45, 2.75) is 64.1 Å². The van der Waals surface area contributed by atoms with E-state index in [0.717, 1.165) is 31.4 Å². The second-order valence-electron chi connectivity index (χ2n) is 7.07. The highest BCUT2D eigenvalue weighted by Gasteiger charge is 2.24. The Labute approximate surface area is 142 Å². The number of carbonyl (C=O) groups excluding carboxylic acids is 1. The van der Waals surface area contributed by atoms with E-state index in [4.69, 9.17) is 22.1 Å². The summed E-state index contributed by atoms with van der Waals surface area (Å²) in [6.07, 6.45) is 3.45. The van der Waals surface area contributed by atoms with Gasteiger partial charge in [-0.15, -0.1) is 0 Å². The summed E-state index contributed by atoms with van der Waals surface area (Å²) < 4.78 is 5.30. The Morgan fingerprint density at radius 3 is 2.39 bits per heavy atom. The van der Waals surface area contributed by atoms with Gasteiger partial charge in [-0.3, -0.25) is 0 Å². The van der Waals surface area contributed by atoms with Crippen LogP contribution in [0.4, 0.5) is 16.2 Å². The molecule has 1 saturated carbocycles. The van der Waals surface area contributed by atoms with Gasteiger partial charge in [-0.2, -0.15) is 0 Å². The molecule has 0 atom stereocenters. The minimum Gasteiger partial charge on any atom is -0.444 e. The van der Waals surface area contributed by atoms with Crippen molar-refractivity contribution in [3.8, 4) is 0 Å². The summed E-state index contributed by atoms with van der Waals surface area (Å²) in [6.45, 7) is 5.60. The highest BCUT2D eigenvalue weighted by atomic mass is 35.5. The molecule has 0 heterocycles. The van der Waals surface area contributed by atoms with E-state index in [1.165, 1.54) is 0 Å². The van der Waals surface area contributed by atoms with Gasteiger partial charge in [-0.1, -0.05) is 11.6 Å². The lowest BCUT2D eigenvalue weighted by molar-refractivity contribution is 0.0492. The first-order chi connectivity index (χ1) is 10.7. The molecule has 1 aliphatic carbocycles. The number of anilines is 2. The number of nitrogen functional groups attached to an aromatic ring is 1. The molecule has 1 fully saturated rings. The number of hydrogen-bond donors (Lipinski definition) is 3. The summed E-state index contributed by atoms with van der Waals surface area (Å²) in [5.74, 6) is 0. The van der Waals surface area contributed by atoms with Crippen LogP contribution < -0.4 is 16.4 Å². The van der Waals surface area contributed by atoms with Crippen LogP contribution in [0.3, 0.4) is 0 Å². The SMILES string of the molecule is CC(C)(C)OC(=O)N[C@H]1CC[C@H](Nc2ccc(Cl)cc2N)CC1. The molecular weight excluding hydrogens is 314 g/mol. The number of benzene rings is 1. The molecule has 0 spiro atoms. The minimum atomic E-state index is -0.463. The third-order valence-electron chi connectivity index (χ3n) is 3.82. The lowest BCUT2D eigenvalue weighted by atomic mass is 9.91. The lowest BCUT2D eigenvalue weighted by Crippen LogP contribution is -2.42.